The lowest BCUT2D eigenvalue weighted by Gasteiger charge is -2.35. The number of hydrogen-bond donors (Lipinski definition) is 3. The Balaban J connectivity index is 1.92. The molecule has 2 aliphatic heterocycles. The van der Waals surface area contributed by atoms with Crippen LogP contribution >= 0.6 is 0 Å². The van der Waals surface area contributed by atoms with Crippen molar-refractivity contribution in [2.45, 2.75) is 37.0 Å². The summed E-state index contributed by atoms with van der Waals surface area (Å²) in [5.41, 5.74) is 1.48. The van der Waals surface area contributed by atoms with E-state index in [1.807, 2.05) is 6.08 Å². The molecule has 124 valence electrons. The Bertz CT molecular complexity index is 789. The van der Waals surface area contributed by atoms with Gasteiger partial charge in [-0.3, -0.25) is 4.55 Å². The van der Waals surface area contributed by atoms with Crippen LogP contribution in [-0.2, 0) is 22.4 Å². The molecule has 0 saturated heterocycles. The maximum Gasteiger partial charge on any atom is 0.446 e. The van der Waals surface area contributed by atoms with E-state index in [1.165, 1.54) is 6.07 Å². The number of aliphatic hydroxyl groups is 1. The smallest absolute Gasteiger partial charge is 0.446 e. The fraction of sp³-hybridized carbons (Fsp3) is 0.467. The highest BCUT2D eigenvalue weighted by Crippen LogP contribution is 2.55. The minimum absolute atomic E-state index is 0.0233. The van der Waals surface area contributed by atoms with E-state index >= 15 is 0 Å². The first-order valence-electron chi connectivity index (χ1n) is 7.47. The fourth-order valence-electron chi connectivity index (χ4n) is 3.88. The Morgan fingerprint density at radius 2 is 2.22 bits per heavy atom. The van der Waals surface area contributed by atoms with Gasteiger partial charge in [0.2, 0.25) is 0 Å². The summed E-state index contributed by atoms with van der Waals surface area (Å²) in [5.74, 6) is 0.317. The first kappa shape index (κ1) is 14.9. The molecule has 3 unspecified atom stereocenters. The van der Waals surface area contributed by atoms with Gasteiger partial charge in [-0.05, 0) is 24.6 Å². The second kappa shape index (κ2) is 4.94. The van der Waals surface area contributed by atoms with E-state index < -0.39 is 21.9 Å². The van der Waals surface area contributed by atoms with Crippen LogP contribution in [0.2, 0.25) is 0 Å². The third-order valence-corrected chi connectivity index (χ3v) is 5.20. The molecule has 23 heavy (non-hydrogen) atoms. The summed E-state index contributed by atoms with van der Waals surface area (Å²) in [7, 11) is -4.64. The van der Waals surface area contributed by atoms with Crippen molar-refractivity contribution in [2.24, 2.45) is 0 Å². The van der Waals surface area contributed by atoms with Gasteiger partial charge in [-0.2, -0.15) is 8.42 Å². The number of benzene rings is 1. The molecule has 1 aliphatic carbocycles. The van der Waals surface area contributed by atoms with Crippen LogP contribution in [0.25, 0.3) is 0 Å². The Labute approximate surface area is 133 Å². The van der Waals surface area contributed by atoms with E-state index in [1.54, 1.807) is 12.1 Å². The molecule has 0 bridgehead atoms. The number of nitrogens with one attached hydrogen (secondary N) is 1. The Morgan fingerprint density at radius 1 is 1.39 bits per heavy atom. The Morgan fingerprint density at radius 3 is 3.00 bits per heavy atom. The average Bonchev–Trinajstić information content (AvgIpc) is 2.67. The molecular weight excluding hydrogens is 322 g/mol. The molecule has 1 aromatic carbocycles. The highest BCUT2D eigenvalue weighted by atomic mass is 32.3. The monoisotopic (exact) mass is 339 g/mol. The summed E-state index contributed by atoms with van der Waals surface area (Å²) in [5, 5.41) is 13.3. The molecule has 0 aromatic heterocycles. The lowest BCUT2D eigenvalue weighted by molar-refractivity contribution is 0.0856. The summed E-state index contributed by atoms with van der Waals surface area (Å²) < 4.78 is 41.9. The zero-order chi connectivity index (χ0) is 16.2. The van der Waals surface area contributed by atoms with Crippen LogP contribution in [0.4, 0.5) is 0 Å². The lowest BCUT2D eigenvalue weighted by atomic mass is 9.69. The Hall–Kier alpha value is -1.61. The fourth-order valence-corrected chi connectivity index (χ4v) is 4.24. The molecule has 0 fully saturated rings. The first-order chi connectivity index (χ1) is 10.9. The third kappa shape index (κ3) is 2.33. The Kier molecular flexibility index (Phi) is 3.21. The van der Waals surface area contributed by atoms with Crippen LogP contribution < -0.4 is 14.2 Å². The van der Waals surface area contributed by atoms with Crippen molar-refractivity contribution < 1.29 is 27.0 Å². The number of rotatable bonds is 2. The largest absolute Gasteiger partial charge is 0.485 e. The standard InChI is InChI=1S/C15H17NO6S/c17-10-3-4-15-5-6-16-8-9-1-2-11(22-23(18,19)20)14(13(9)15)21-12(15)7-10/h1-4,10,12,16-17H,5-8H2,(H,18,19,20). The molecule has 1 aromatic rings. The molecule has 0 amide bonds. The van der Waals surface area contributed by atoms with Crippen molar-refractivity contribution >= 4 is 10.4 Å². The molecule has 4 rings (SSSR count). The van der Waals surface area contributed by atoms with E-state index in [0.29, 0.717) is 18.7 Å². The van der Waals surface area contributed by atoms with E-state index in [2.05, 4.69) is 9.50 Å². The summed E-state index contributed by atoms with van der Waals surface area (Å²) in [6, 6.07) is 3.27. The van der Waals surface area contributed by atoms with Crippen molar-refractivity contribution in [1.29, 1.82) is 0 Å². The summed E-state index contributed by atoms with van der Waals surface area (Å²) in [6.07, 6.45) is 4.05. The van der Waals surface area contributed by atoms with Gasteiger partial charge in [-0.15, -0.1) is 0 Å². The molecule has 1 spiro atoms. The number of ether oxygens (including phenoxy) is 1. The van der Waals surface area contributed by atoms with Crippen molar-refractivity contribution in [3.63, 3.8) is 0 Å². The highest BCUT2D eigenvalue weighted by molar-refractivity contribution is 7.81. The lowest BCUT2D eigenvalue weighted by Crippen LogP contribution is -2.42. The quantitative estimate of drug-likeness (QED) is 0.537. The summed E-state index contributed by atoms with van der Waals surface area (Å²) in [6.45, 7) is 1.42. The molecule has 8 heteroatoms. The van der Waals surface area contributed by atoms with Crippen LogP contribution in [0, 0.1) is 0 Å². The molecule has 3 atom stereocenters. The molecule has 7 nitrogen and oxygen atoms in total. The molecule has 3 aliphatic rings. The second-order valence-electron chi connectivity index (χ2n) is 6.17. The van der Waals surface area contributed by atoms with E-state index in [0.717, 1.165) is 24.1 Å². The van der Waals surface area contributed by atoms with Gasteiger partial charge in [0.05, 0.1) is 11.5 Å². The molecule has 0 saturated carbocycles. The van der Waals surface area contributed by atoms with Gasteiger partial charge in [0, 0.05) is 18.5 Å². The van der Waals surface area contributed by atoms with Crippen LogP contribution in [0.3, 0.4) is 0 Å². The van der Waals surface area contributed by atoms with Crippen LogP contribution in [0.5, 0.6) is 11.5 Å². The van der Waals surface area contributed by atoms with E-state index in [9.17, 15) is 13.5 Å². The van der Waals surface area contributed by atoms with Gasteiger partial charge in [0.1, 0.15) is 6.10 Å². The molecular formula is C15H17NO6S. The average molecular weight is 339 g/mol. The van der Waals surface area contributed by atoms with Crippen LogP contribution in [0.1, 0.15) is 24.0 Å². The molecule has 3 N–H and O–H groups in total. The highest BCUT2D eigenvalue weighted by Gasteiger charge is 2.52. The number of hydrogen-bond acceptors (Lipinski definition) is 6. The molecule has 0 radical (unpaired) electrons. The zero-order valence-corrected chi connectivity index (χ0v) is 13.0. The van der Waals surface area contributed by atoms with E-state index in [4.69, 9.17) is 9.29 Å². The normalized spacial score (nSPS) is 31.7. The van der Waals surface area contributed by atoms with Gasteiger partial charge in [0.15, 0.2) is 11.5 Å². The van der Waals surface area contributed by atoms with Crippen molar-refractivity contribution in [3.8, 4) is 11.5 Å². The minimum atomic E-state index is -4.64. The first-order valence-corrected chi connectivity index (χ1v) is 8.84. The van der Waals surface area contributed by atoms with Gasteiger partial charge in [-0.1, -0.05) is 18.2 Å². The maximum absolute atomic E-state index is 11.1. The third-order valence-electron chi connectivity index (χ3n) is 4.81. The van der Waals surface area contributed by atoms with Crippen LogP contribution in [0.15, 0.2) is 24.3 Å². The zero-order valence-electron chi connectivity index (χ0n) is 12.2. The predicted octanol–water partition coefficient (Wildman–Crippen LogP) is 0.681. The van der Waals surface area contributed by atoms with E-state index in [-0.39, 0.29) is 11.9 Å². The number of aliphatic hydroxyl groups excluding tert-OH is 1. The van der Waals surface area contributed by atoms with Crippen LogP contribution in [-0.4, -0.2) is 36.8 Å². The molecule has 2 heterocycles. The van der Waals surface area contributed by atoms with Gasteiger partial charge < -0.3 is 19.3 Å². The summed E-state index contributed by atoms with van der Waals surface area (Å²) in [4.78, 5) is 0. The summed E-state index contributed by atoms with van der Waals surface area (Å²) >= 11 is 0. The van der Waals surface area contributed by atoms with Crippen molar-refractivity contribution in [1.82, 2.24) is 5.32 Å². The minimum Gasteiger partial charge on any atom is -0.485 e. The van der Waals surface area contributed by atoms with Gasteiger partial charge in [-0.25, -0.2) is 0 Å². The second-order valence-corrected chi connectivity index (χ2v) is 7.20. The SMILES string of the molecule is O=S(=O)(O)Oc1ccc2c3c1OC1CC(O)C=CC31CCNC2. The topological polar surface area (TPSA) is 105 Å². The van der Waals surface area contributed by atoms with Gasteiger partial charge in [0.25, 0.3) is 0 Å². The van der Waals surface area contributed by atoms with Crippen molar-refractivity contribution in [3.05, 3.63) is 35.4 Å². The predicted molar refractivity (Wildman–Crippen MR) is 80.8 cm³/mol. The van der Waals surface area contributed by atoms with Gasteiger partial charge >= 0.3 is 10.4 Å². The maximum atomic E-state index is 11.1. The van der Waals surface area contributed by atoms with Crippen molar-refractivity contribution in [2.75, 3.05) is 6.54 Å².